The number of aryl methyl sites for hydroxylation is 1. The lowest BCUT2D eigenvalue weighted by Crippen LogP contribution is -2.39. The molecule has 0 amide bonds. The topological polar surface area (TPSA) is 233 Å². The number of esters is 2. The molecule has 1 heterocycles. The Morgan fingerprint density at radius 3 is 2.39 bits per heavy atom. The number of nitro groups is 1. The third kappa shape index (κ3) is 9.02. The van der Waals surface area contributed by atoms with Crippen molar-refractivity contribution in [3.8, 4) is 29.5 Å². The molecule has 2 atom stereocenters. The van der Waals surface area contributed by atoms with Crippen molar-refractivity contribution in [3.05, 3.63) is 105 Å². The number of carboxylic acid groups (broad SMARTS) is 1. The van der Waals surface area contributed by atoms with Gasteiger partial charge in [-0.05, 0) is 68.3 Å². The first-order chi connectivity index (χ1) is 23.4. The lowest BCUT2D eigenvalue weighted by molar-refractivity contribution is -0.385. The summed E-state index contributed by atoms with van der Waals surface area (Å²) < 4.78 is 22.0. The van der Waals surface area contributed by atoms with Gasteiger partial charge >= 0.3 is 35.5 Å². The average molecular weight is 672 g/mol. The normalized spacial score (nSPS) is 11.7. The molecule has 4 aromatic rings. The van der Waals surface area contributed by atoms with Crippen molar-refractivity contribution < 1.29 is 48.5 Å². The molecule has 4 rings (SSSR count). The summed E-state index contributed by atoms with van der Waals surface area (Å²) in [5.74, 6) is -5.00. The predicted octanol–water partition coefficient (Wildman–Crippen LogP) is 4.93. The van der Waals surface area contributed by atoms with Gasteiger partial charge in [0.1, 0.15) is 23.7 Å². The number of carboxylic acids is 1. The number of hydrogen-bond acceptors (Lipinski definition) is 14. The fraction of sp³-hybridized carbons (Fsp3) is 0.212. The lowest BCUT2D eigenvalue weighted by atomic mass is 10.1. The maximum Gasteiger partial charge on any atom is 0.373 e. The Hall–Kier alpha value is -6.60. The molecule has 0 bridgehead atoms. The number of aliphatic hydroxyl groups is 1. The van der Waals surface area contributed by atoms with Crippen LogP contribution in [0.25, 0.3) is 0 Å². The van der Waals surface area contributed by atoms with Gasteiger partial charge in [0.15, 0.2) is 6.04 Å². The molecule has 0 saturated heterocycles. The summed E-state index contributed by atoms with van der Waals surface area (Å²) in [6.45, 7) is 4.37. The van der Waals surface area contributed by atoms with Gasteiger partial charge in [0, 0.05) is 0 Å². The number of aliphatic hydroxyl groups excluding tert-OH is 1. The second-order valence-corrected chi connectivity index (χ2v) is 10.3. The maximum atomic E-state index is 13.1. The minimum absolute atomic E-state index is 0.0534. The molecule has 252 valence electrons. The highest BCUT2D eigenvalue weighted by Gasteiger charge is 2.33. The number of nitrogens with one attached hydrogen (secondary N) is 1. The standard InChI is InChI=1S/C33H29N5O11/c1-4-46-31(42)22-12-18(2)13-23(15-22)48-29-27(38(44)45)28(35-26(19(3)39)30(40)41)36-33(37-29)49-25-14-21(16-34)10-11-24(25)32(43)47-17-20-8-6-5-7-9-20/h5-15,19,26,39H,4,17H2,1-3H3,(H,40,41)(H,35,36,37). The van der Waals surface area contributed by atoms with E-state index < -0.39 is 58.4 Å². The number of nitriles is 1. The van der Waals surface area contributed by atoms with Crippen LogP contribution < -0.4 is 14.8 Å². The summed E-state index contributed by atoms with van der Waals surface area (Å²) in [6.07, 6.45) is -1.57. The van der Waals surface area contributed by atoms with Crippen LogP contribution in [0.5, 0.6) is 23.4 Å². The molecule has 0 spiro atoms. The summed E-state index contributed by atoms with van der Waals surface area (Å²) in [4.78, 5) is 56.9. The van der Waals surface area contributed by atoms with Crippen LogP contribution in [0.3, 0.4) is 0 Å². The second kappa shape index (κ2) is 15.8. The summed E-state index contributed by atoms with van der Waals surface area (Å²) >= 11 is 0. The molecule has 0 aliphatic heterocycles. The van der Waals surface area contributed by atoms with Crippen LogP contribution in [0.15, 0.2) is 66.7 Å². The first-order valence-corrected chi connectivity index (χ1v) is 14.5. The van der Waals surface area contributed by atoms with Gasteiger partial charge in [-0.25, -0.2) is 14.4 Å². The van der Waals surface area contributed by atoms with E-state index in [0.29, 0.717) is 11.1 Å². The first kappa shape index (κ1) is 35.3. The van der Waals surface area contributed by atoms with Gasteiger partial charge in [0.05, 0.1) is 34.8 Å². The van der Waals surface area contributed by atoms with Gasteiger partial charge in [-0.3, -0.25) is 10.1 Å². The van der Waals surface area contributed by atoms with Gasteiger partial charge in [-0.2, -0.15) is 15.2 Å². The zero-order chi connectivity index (χ0) is 35.7. The van der Waals surface area contributed by atoms with Crippen LogP contribution in [0, 0.1) is 28.4 Å². The molecular formula is C33H29N5O11. The molecule has 2 unspecified atom stereocenters. The fourth-order valence-corrected chi connectivity index (χ4v) is 4.33. The highest BCUT2D eigenvalue weighted by atomic mass is 16.6. The zero-order valence-corrected chi connectivity index (χ0v) is 26.3. The molecule has 0 fully saturated rings. The van der Waals surface area contributed by atoms with Gasteiger partial charge in [0.2, 0.25) is 5.82 Å². The van der Waals surface area contributed by atoms with Crippen LogP contribution >= 0.6 is 0 Å². The summed E-state index contributed by atoms with van der Waals surface area (Å²) in [7, 11) is 0. The van der Waals surface area contributed by atoms with Crippen LogP contribution in [0.1, 0.15) is 51.3 Å². The van der Waals surface area contributed by atoms with Crippen molar-refractivity contribution in [1.29, 1.82) is 5.26 Å². The Labute approximate surface area is 278 Å². The number of benzene rings is 3. The van der Waals surface area contributed by atoms with Crippen LogP contribution in [-0.4, -0.2) is 61.8 Å². The largest absolute Gasteiger partial charge is 0.480 e. The number of aromatic nitrogens is 2. The predicted molar refractivity (Wildman–Crippen MR) is 169 cm³/mol. The second-order valence-electron chi connectivity index (χ2n) is 10.3. The SMILES string of the molecule is CCOC(=O)c1cc(C)cc(Oc2nc(Oc3cc(C#N)ccc3C(=O)OCc3ccccc3)nc(NC(C(=O)O)C(C)O)c2[N+](=O)[O-])c1. The number of carbonyl (C=O) groups is 3. The van der Waals surface area contributed by atoms with Crippen molar-refractivity contribution in [2.45, 2.75) is 39.5 Å². The molecule has 3 N–H and O–H groups in total. The van der Waals surface area contributed by atoms with E-state index in [1.54, 1.807) is 44.2 Å². The van der Waals surface area contributed by atoms with Crippen molar-refractivity contribution in [2.24, 2.45) is 0 Å². The molecule has 49 heavy (non-hydrogen) atoms. The van der Waals surface area contributed by atoms with Crippen molar-refractivity contribution in [2.75, 3.05) is 11.9 Å². The van der Waals surface area contributed by atoms with Crippen LogP contribution in [0.4, 0.5) is 11.5 Å². The van der Waals surface area contributed by atoms with Crippen molar-refractivity contribution >= 4 is 29.4 Å². The highest BCUT2D eigenvalue weighted by molar-refractivity contribution is 5.93. The Morgan fingerprint density at radius 2 is 1.76 bits per heavy atom. The van der Waals surface area contributed by atoms with Crippen LogP contribution in [-0.2, 0) is 20.9 Å². The van der Waals surface area contributed by atoms with E-state index in [2.05, 4.69) is 15.3 Å². The third-order valence-electron chi connectivity index (χ3n) is 6.58. The summed E-state index contributed by atoms with van der Waals surface area (Å²) in [5.41, 5.74) is 0.203. The van der Waals surface area contributed by atoms with E-state index in [-0.39, 0.29) is 41.4 Å². The number of rotatable bonds is 14. The van der Waals surface area contributed by atoms with Gasteiger partial charge in [0.25, 0.3) is 0 Å². The van der Waals surface area contributed by atoms with E-state index in [1.807, 2.05) is 6.07 Å². The first-order valence-electron chi connectivity index (χ1n) is 14.5. The van der Waals surface area contributed by atoms with E-state index in [0.717, 1.165) is 6.92 Å². The van der Waals surface area contributed by atoms with Crippen LogP contribution in [0.2, 0.25) is 0 Å². The van der Waals surface area contributed by atoms with Gasteiger partial charge in [-0.1, -0.05) is 30.3 Å². The van der Waals surface area contributed by atoms with E-state index in [9.17, 15) is 40.0 Å². The van der Waals surface area contributed by atoms with Crippen molar-refractivity contribution in [3.63, 3.8) is 0 Å². The van der Waals surface area contributed by atoms with E-state index in [4.69, 9.17) is 18.9 Å². The Kier molecular flexibility index (Phi) is 11.4. The minimum Gasteiger partial charge on any atom is -0.480 e. The Bertz CT molecular complexity index is 1930. The number of aliphatic carboxylic acids is 1. The van der Waals surface area contributed by atoms with Gasteiger partial charge < -0.3 is 34.5 Å². The molecule has 0 aliphatic carbocycles. The molecule has 0 radical (unpaired) electrons. The highest BCUT2D eigenvalue weighted by Crippen LogP contribution is 2.39. The Morgan fingerprint density at radius 1 is 1.02 bits per heavy atom. The number of hydrogen-bond donors (Lipinski definition) is 3. The molecule has 0 saturated carbocycles. The monoisotopic (exact) mass is 671 g/mol. The quantitative estimate of drug-likeness (QED) is 0.0916. The van der Waals surface area contributed by atoms with E-state index >= 15 is 0 Å². The van der Waals surface area contributed by atoms with Gasteiger partial charge in [-0.15, -0.1) is 0 Å². The molecule has 0 aliphatic rings. The number of anilines is 1. The number of nitrogens with zero attached hydrogens (tertiary/aromatic N) is 4. The average Bonchev–Trinajstić information content (AvgIpc) is 3.05. The third-order valence-corrected chi connectivity index (χ3v) is 6.58. The maximum absolute atomic E-state index is 13.1. The van der Waals surface area contributed by atoms with E-state index in [1.165, 1.54) is 36.4 Å². The smallest absolute Gasteiger partial charge is 0.373 e. The zero-order valence-electron chi connectivity index (χ0n) is 26.3. The molecule has 16 heteroatoms. The molecule has 1 aromatic heterocycles. The summed E-state index contributed by atoms with van der Waals surface area (Å²) in [5, 5.41) is 43.9. The number of ether oxygens (including phenoxy) is 4. The molecule has 16 nitrogen and oxygen atoms in total. The molecular weight excluding hydrogens is 642 g/mol. The summed E-state index contributed by atoms with van der Waals surface area (Å²) in [6, 6.07) is 16.2. The molecule has 3 aromatic carbocycles. The minimum atomic E-state index is -1.80. The van der Waals surface area contributed by atoms with Crippen molar-refractivity contribution in [1.82, 2.24) is 9.97 Å². The number of carbonyl (C=O) groups excluding carboxylic acids is 2. The lowest BCUT2D eigenvalue weighted by Gasteiger charge is -2.19. The Balaban J connectivity index is 1.83. The fourth-order valence-electron chi connectivity index (χ4n) is 4.33.